The number of amides is 1. The first-order valence-corrected chi connectivity index (χ1v) is 7.67. The van der Waals surface area contributed by atoms with Gasteiger partial charge in [-0.1, -0.05) is 30.3 Å². The minimum absolute atomic E-state index is 0.00434. The highest BCUT2D eigenvalue weighted by atomic mass is 16.2. The van der Waals surface area contributed by atoms with Gasteiger partial charge in [0.15, 0.2) is 0 Å². The first-order valence-electron chi connectivity index (χ1n) is 7.67. The van der Waals surface area contributed by atoms with Crippen LogP contribution in [0.15, 0.2) is 42.7 Å². The molecule has 5 heteroatoms. The third kappa shape index (κ3) is 3.24. The highest BCUT2D eigenvalue weighted by Gasteiger charge is 2.21. The van der Waals surface area contributed by atoms with Crippen LogP contribution in [0.4, 0.5) is 5.82 Å². The molecular weight excluding hydrogens is 276 g/mol. The highest BCUT2D eigenvalue weighted by Crippen LogP contribution is 2.18. The van der Waals surface area contributed by atoms with Crippen molar-refractivity contribution in [2.45, 2.75) is 25.8 Å². The van der Waals surface area contributed by atoms with E-state index in [0.717, 1.165) is 25.9 Å². The predicted molar refractivity (Wildman–Crippen MR) is 85.6 cm³/mol. The van der Waals surface area contributed by atoms with Crippen LogP contribution in [0, 0.1) is 0 Å². The molecule has 1 unspecified atom stereocenters. The maximum Gasteiger partial charge on any atom is 0.272 e. The molecule has 1 atom stereocenters. The van der Waals surface area contributed by atoms with E-state index in [1.807, 2.05) is 23.1 Å². The van der Waals surface area contributed by atoms with Crippen molar-refractivity contribution >= 4 is 11.7 Å². The number of likely N-dealkylation sites (tertiary alicyclic amines) is 1. The van der Waals surface area contributed by atoms with Crippen LogP contribution in [0.1, 0.15) is 41.9 Å². The van der Waals surface area contributed by atoms with Gasteiger partial charge >= 0.3 is 0 Å². The van der Waals surface area contributed by atoms with Crippen LogP contribution < -0.4 is 5.32 Å². The molecule has 1 saturated heterocycles. The molecule has 3 rings (SSSR count). The minimum atomic E-state index is -0.00434. The Hall–Kier alpha value is -2.43. The maximum absolute atomic E-state index is 12.4. The van der Waals surface area contributed by atoms with E-state index in [2.05, 4.69) is 34.3 Å². The summed E-state index contributed by atoms with van der Waals surface area (Å²) in [6.45, 7) is 3.72. The third-order valence-corrected chi connectivity index (χ3v) is 3.94. The van der Waals surface area contributed by atoms with Crippen molar-refractivity contribution in [1.82, 2.24) is 14.9 Å². The average Bonchev–Trinajstić information content (AvgIpc) is 3.09. The van der Waals surface area contributed by atoms with E-state index in [1.54, 1.807) is 6.07 Å². The van der Waals surface area contributed by atoms with Crippen molar-refractivity contribution in [3.8, 4) is 0 Å². The normalized spacial score (nSPS) is 15.6. The van der Waals surface area contributed by atoms with E-state index in [-0.39, 0.29) is 11.9 Å². The summed E-state index contributed by atoms with van der Waals surface area (Å²) in [6, 6.07) is 12.0. The molecule has 0 spiro atoms. The lowest BCUT2D eigenvalue weighted by molar-refractivity contribution is 0.0787. The lowest BCUT2D eigenvalue weighted by Gasteiger charge is -2.17. The average molecular weight is 296 g/mol. The molecule has 0 bridgehead atoms. The van der Waals surface area contributed by atoms with Gasteiger partial charge in [0.05, 0.1) is 0 Å². The smallest absolute Gasteiger partial charge is 0.272 e. The van der Waals surface area contributed by atoms with E-state index >= 15 is 0 Å². The van der Waals surface area contributed by atoms with Gasteiger partial charge in [-0.15, -0.1) is 0 Å². The Morgan fingerprint density at radius 1 is 1.18 bits per heavy atom. The quantitative estimate of drug-likeness (QED) is 0.942. The third-order valence-electron chi connectivity index (χ3n) is 3.94. The zero-order chi connectivity index (χ0) is 15.4. The molecule has 0 saturated carbocycles. The lowest BCUT2D eigenvalue weighted by atomic mass is 10.1. The van der Waals surface area contributed by atoms with Gasteiger partial charge in [0.25, 0.3) is 5.91 Å². The molecule has 1 aliphatic rings. The second kappa shape index (κ2) is 6.56. The number of hydrogen-bond donors (Lipinski definition) is 1. The summed E-state index contributed by atoms with van der Waals surface area (Å²) in [5, 5.41) is 3.32. The molecule has 2 aromatic rings. The fourth-order valence-electron chi connectivity index (χ4n) is 2.68. The number of nitrogens with zero attached hydrogens (tertiary/aromatic N) is 3. The van der Waals surface area contributed by atoms with Crippen molar-refractivity contribution in [2.24, 2.45) is 0 Å². The summed E-state index contributed by atoms with van der Waals surface area (Å²) >= 11 is 0. The molecule has 1 fully saturated rings. The molecule has 1 amide bonds. The van der Waals surface area contributed by atoms with Gasteiger partial charge in [-0.2, -0.15) is 0 Å². The first kappa shape index (κ1) is 14.5. The van der Waals surface area contributed by atoms with Crippen LogP contribution in [0.5, 0.6) is 0 Å². The molecule has 5 nitrogen and oxygen atoms in total. The van der Waals surface area contributed by atoms with Crippen LogP contribution in [0.25, 0.3) is 0 Å². The SMILES string of the molecule is CC(Nc1cc(C(=O)N2CCCC2)ncn1)c1ccccc1. The maximum atomic E-state index is 12.4. The van der Waals surface area contributed by atoms with Gasteiger partial charge in [0.1, 0.15) is 17.8 Å². The number of benzene rings is 1. The van der Waals surface area contributed by atoms with E-state index in [1.165, 1.54) is 11.9 Å². The minimum Gasteiger partial charge on any atom is -0.363 e. The van der Waals surface area contributed by atoms with Crippen LogP contribution in [-0.2, 0) is 0 Å². The second-order valence-corrected chi connectivity index (χ2v) is 5.56. The Morgan fingerprint density at radius 2 is 1.91 bits per heavy atom. The molecule has 22 heavy (non-hydrogen) atoms. The fourth-order valence-corrected chi connectivity index (χ4v) is 2.68. The van der Waals surface area contributed by atoms with E-state index in [4.69, 9.17) is 0 Å². The van der Waals surface area contributed by atoms with Gasteiger partial charge in [-0.3, -0.25) is 4.79 Å². The summed E-state index contributed by atoms with van der Waals surface area (Å²) in [4.78, 5) is 22.6. The molecule has 1 N–H and O–H groups in total. The van der Waals surface area contributed by atoms with Crippen molar-refractivity contribution in [2.75, 3.05) is 18.4 Å². The number of nitrogens with one attached hydrogen (secondary N) is 1. The standard InChI is InChI=1S/C17H20N4O/c1-13(14-7-3-2-4-8-14)20-16-11-15(18-12-19-16)17(22)21-9-5-6-10-21/h2-4,7-8,11-13H,5-6,9-10H2,1H3,(H,18,19,20). The topological polar surface area (TPSA) is 58.1 Å². The summed E-state index contributed by atoms with van der Waals surface area (Å²) in [6.07, 6.45) is 3.60. The van der Waals surface area contributed by atoms with E-state index < -0.39 is 0 Å². The van der Waals surface area contributed by atoms with Crippen molar-refractivity contribution in [1.29, 1.82) is 0 Å². The Labute approximate surface area is 130 Å². The zero-order valence-corrected chi connectivity index (χ0v) is 12.7. The summed E-state index contributed by atoms with van der Waals surface area (Å²) < 4.78 is 0. The molecule has 1 aliphatic heterocycles. The van der Waals surface area contributed by atoms with Crippen LogP contribution in [0.3, 0.4) is 0 Å². The number of hydrogen-bond acceptors (Lipinski definition) is 4. The Bertz CT molecular complexity index is 638. The van der Waals surface area contributed by atoms with E-state index in [0.29, 0.717) is 11.5 Å². The fraction of sp³-hybridized carbons (Fsp3) is 0.353. The monoisotopic (exact) mass is 296 g/mol. The summed E-state index contributed by atoms with van der Waals surface area (Å²) in [5.41, 5.74) is 1.63. The van der Waals surface area contributed by atoms with Gasteiger partial charge in [-0.25, -0.2) is 9.97 Å². The highest BCUT2D eigenvalue weighted by molar-refractivity contribution is 5.93. The number of aromatic nitrogens is 2. The van der Waals surface area contributed by atoms with Gasteiger partial charge < -0.3 is 10.2 Å². The van der Waals surface area contributed by atoms with Crippen molar-refractivity contribution < 1.29 is 4.79 Å². The molecular formula is C17H20N4O. The largest absolute Gasteiger partial charge is 0.363 e. The molecule has 0 aliphatic carbocycles. The molecule has 1 aromatic heterocycles. The second-order valence-electron chi connectivity index (χ2n) is 5.56. The lowest BCUT2D eigenvalue weighted by Crippen LogP contribution is -2.28. The molecule has 2 heterocycles. The van der Waals surface area contributed by atoms with Crippen LogP contribution in [0.2, 0.25) is 0 Å². The summed E-state index contributed by atoms with van der Waals surface area (Å²) in [7, 11) is 0. The van der Waals surface area contributed by atoms with Gasteiger partial charge in [0.2, 0.25) is 0 Å². The molecule has 1 aromatic carbocycles. The van der Waals surface area contributed by atoms with Gasteiger partial charge in [-0.05, 0) is 25.3 Å². The van der Waals surface area contributed by atoms with E-state index in [9.17, 15) is 4.79 Å². The summed E-state index contributed by atoms with van der Waals surface area (Å²) in [5.74, 6) is 0.671. The Balaban J connectivity index is 1.72. The predicted octanol–water partition coefficient (Wildman–Crippen LogP) is 2.89. The Kier molecular flexibility index (Phi) is 4.32. The van der Waals surface area contributed by atoms with Crippen molar-refractivity contribution in [3.05, 3.63) is 54.0 Å². The molecule has 0 radical (unpaired) electrons. The molecule has 114 valence electrons. The van der Waals surface area contributed by atoms with Gasteiger partial charge in [0, 0.05) is 25.2 Å². The van der Waals surface area contributed by atoms with Crippen molar-refractivity contribution in [3.63, 3.8) is 0 Å². The first-order chi connectivity index (χ1) is 10.7. The Morgan fingerprint density at radius 3 is 2.64 bits per heavy atom. The number of anilines is 1. The number of carbonyl (C=O) groups is 1. The van der Waals surface area contributed by atoms with Crippen LogP contribution >= 0.6 is 0 Å². The number of rotatable bonds is 4. The zero-order valence-electron chi connectivity index (χ0n) is 12.7. The van der Waals surface area contributed by atoms with Crippen LogP contribution in [-0.4, -0.2) is 33.9 Å². The number of carbonyl (C=O) groups excluding carboxylic acids is 1.